The summed E-state index contributed by atoms with van der Waals surface area (Å²) in [5.41, 5.74) is 3.52. The first-order chi connectivity index (χ1) is 17.5. The van der Waals surface area contributed by atoms with Crippen molar-refractivity contribution in [3.63, 3.8) is 0 Å². The number of carbonyl (C=O) groups excluding carboxylic acids is 1. The fraction of sp³-hybridized carbons (Fsp3) is 0.259. The molecule has 1 aliphatic heterocycles. The van der Waals surface area contributed by atoms with E-state index in [4.69, 9.17) is 18.9 Å². The van der Waals surface area contributed by atoms with E-state index in [0.717, 1.165) is 16.7 Å². The second kappa shape index (κ2) is 11.3. The summed E-state index contributed by atoms with van der Waals surface area (Å²) in [6.07, 6.45) is 0. The highest BCUT2D eigenvalue weighted by Gasteiger charge is 2.26. The number of ether oxygens (including phenoxy) is 4. The minimum atomic E-state index is -0.989. The van der Waals surface area contributed by atoms with Crippen molar-refractivity contribution in [3.05, 3.63) is 82.4 Å². The van der Waals surface area contributed by atoms with Crippen LogP contribution in [-0.4, -0.2) is 50.6 Å². The fourth-order valence-corrected chi connectivity index (χ4v) is 5.33. The van der Waals surface area contributed by atoms with Gasteiger partial charge >= 0.3 is 5.97 Å². The van der Waals surface area contributed by atoms with Crippen molar-refractivity contribution in [2.45, 2.75) is 11.9 Å². The Morgan fingerprint density at radius 3 is 2.36 bits per heavy atom. The van der Waals surface area contributed by atoms with Crippen molar-refractivity contribution in [1.29, 1.82) is 0 Å². The lowest BCUT2D eigenvalue weighted by Gasteiger charge is -2.19. The third kappa shape index (κ3) is 5.21. The lowest BCUT2D eigenvalue weighted by atomic mass is 9.98. The minimum absolute atomic E-state index is 0.143. The number of hydrogen-bond acceptors (Lipinski definition) is 7. The summed E-state index contributed by atoms with van der Waals surface area (Å²) < 4.78 is 22.0. The maximum Gasteiger partial charge on any atom is 0.335 e. The van der Waals surface area contributed by atoms with Crippen molar-refractivity contribution in [1.82, 2.24) is 5.32 Å². The SMILES string of the molecule is COc1cc(C(=O)NCCSC2c3ccccc3COc3ccc(C(=O)O)cc32)cc(OC)c1OC. The Balaban J connectivity index is 1.50. The van der Waals surface area contributed by atoms with Crippen molar-refractivity contribution < 1.29 is 33.6 Å². The summed E-state index contributed by atoms with van der Waals surface area (Å²) >= 11 is 1.62. The predicted octanol–water partition coefficient (Wildman–Crippen LogP) is 4.56. The van der Waals surface area contributed by atoms with Gasteiger partial charge in [-0.2, -0.15) is 0 Å². The molecule has 1 heterocycles. The number of fused-ring (bicyclic) bond motifs is 2. The molecule has 1 aliphatic rings. The summed E-state index contributed by atoms with van der Waals surface area (Å²) in [7, 11) is 4.50. The number of thioether (sulfide) groups is 1. The second-order valence-corrected chi connectivity index (χ2v) is 9.18. The van der Waals surface area contributed by atoms with Crippen molar-refractivity contribution in [2.24, 2.45) is 0 Å². The molecule has 0 saturated carbocycles. The zero-order valence-electron chi connectivity index (χ0n) is 20.2. The standard InChI is InChI=1S/C27H27NO7S/c1-32-22-13-18(14-23(33-2)24(22)34-3)26(29)28-10-11-36-25-19-7-5-4-6-17(19)15-35-21-9-8-16(27(30)31)12-20(21)25/h4-9,12-14,25H,10-11,15H2,1-3H3,(H,28,29)(H,30,31). The first-order valence-electron chi connectivity index (χ1n) is 11.2. The fourth-order valence-electron chi connectivity index (χ4n) is 4.10. The molecule has 0 radical (unpaired) electrons. The average Bonchev–Trinajstić information content (AvgIpc) is 3.06. The molecule has 0 saturated heterocycles. The average molecular weight is 510 g/mol. The first kappa shape index (κ1) is 25.2. The number of rotatable bonds is 9. The zero-order chi connectivity index (χ0) is 25.7. The van der Waals surface area contributed by atoms with Gasteiger partial charge in [-0.3, -0.25) is 4.79 Å². The lowest BCUT2D eigenvalue weighted by Crippen LogP contribution is -2.26. The molecular weight excluding hydrogens is 482 g/mol. The number of carboxylic acid groups (broad SMARTS) is 1. The highest BCUT2D eigenvalue weighted by molar-refractivity contribution is 7.99. The van der Waals surface area contributed by atoms with Gasteiger partial charge in [-0.25, -0.2) is 4.79 Å². The Labute approximate surface area is 213 Å². The zero-order valence-corrected chi connectivity index (χ0v) is 21.0. The van der Waals surface area contributed by atoms with Crippen molar-refractivity contribution >= 4 is 23.6 Å². The van der Waals surface area contributed by atoms with Gasteiger partial charge in [0.25, 0.3) is 5.91 Å². The number of amides is 1. The van der Waals surface area contributed by atoms with Crippen molar-refractivity contribution in [3.8, 4) is 23.0 Å². The second-order valence-electron chi connectivity index (χ2n) is 7.97. The third-order valence-electron chi connectivity index (χ3n) is 5.86. The van der Waals surface area contributed by atoms with Crippen LogP contribution in [0.4, 0.5) is 0 Å². The molecule has 0 aromatic heterocycles. The molecule has 1 atom stereocenters. The van der Waals surface area contributed by atoms with Gasteiger partial charge in [-0.1, -0.05) is 24.3 Å². The van der Waals surface area contributed by atoms with Gasteiger partial charge in [0.15, 0.2) is 11.5 Å². The number of nitrogens with one attached hydrogen (secondary N) is 1. The van der Waals surface area contributed by atoms with E-state index in [1.54, 1.807) is 42.1 Å². The Hall–Kier alpha value is -3.85. The number of methoxy groups -OCH3 is 3. The summed E-state index contributed by atoms with van der Waals surface area (Å²) in [5.74, 6) is 1.21. The maximum absolute atomic E-state index is 12.8. The van der Waals surface area contributed by atoms with Gasteiger partial charge in [-0.15, -0.1) is 11.8 Å². The molecule has 36 heavy (non-hydrogen) atoms. The van der Waals surface area contributed by atoms with Crippen LogP contribution >= 0.6 is 11.8 Å². The van der Waals surface area contributed by atoms with E-state index in [1.165, 1.54) is 21.3 Å². The summed E-state index contributed by atoms with van der Waals surface area (Å²) in [5, 5.41) is 12.3. The summed E-state index contributed by atoms with van der Waals surface area (Å²) in [4.78, 5) is 24.5. The Morgan fingerprint density at radius 1 is 0.972 bits per heavy atom. The molecule has 3 aromatic carbocycles. The topological polar surface area (TPSA) is 103 Å². The third-order valence-corrected chi connectivity index (χ3v) is 7.14. The molecule has 1 amide bonds. The predicted molar refractivity (Wildman–Crippen MR) is 137 cm³/mol. The molecule has 0 bridgehead atoms. The molecule has 0 fully saturated rings. The highest BCUT2D eigenvalue weighted by atomic mass is 32.2. The first-order valence-corrected chi connectivity index (χ1v) is 12.3. The van der Waals surface area contributed by atoms with Crippen LogP contribution in [0, 0.1) is 0 Å². The van der Waals surface area contributed by atoms with Gasteiger partial charge in [0.1, 0.15) is 12.4 Å². The van der Waals surface area contributed by atoms with Gasteiger partial charge < -0.3 is 29.4 Å². The molecule has 9 heteroatoms. The van der Waals surface area contributed by atoms with Crippen LogP contribution in [-0.2, 0) is 6.61 Å². The van der Waals surface area contributed by atoms with Gasteiger partial charge in [0, 0.05) is 23.4 Å². The van der Waals surface area contributed by atoms with Crippen LogP contribution < -0.4 is 24.3 Å². The van der Waals surface area contributed by atoms with Crippen molar-refractivity contribution in [2.75, 3.05) is 33.6 Å². The van der Waals surface area contributed by atoms with Crippen LogP contribution in [0.1, 0.15) is 42.7 Å². The van der Waals surface area contributed by atoms with E-state index in [9.17, 15) is 14.7 Å². The Morgan fingerprint density at radius 2 is 1.69 bits per heavy atom. The minimum Gasteiger partial charge on any atom is -0.493 e. The molecule has 0 aliphatic carbocycles. The van der Waals surface area contributed by atoms with Gasteiger partial charge in [0.2, 0.25) is 5.75 Å². The van der Waals surface area contributed by atoms with E-state index in [2.05, 4.69) is 5.32 Å². The number of benzene rings is 3. The molecule has 0 spiro atoms. The van der Waals surface area contributed by atoms with E-state index < -0.39 is 5.97 Å². The number of aromatic carboxylic acids is 1. The Bertz CT molecular complexity index is 1250. The molecule has 1 unspecified atom stereocenters. The lowest BCUT2D eigenvalue weighted by molar-refractivity contribution is 0.0696. The maximum atomic E-state index is 12.8. The van der Waals surface area contributed by atoms with E-state index in [-0.39, 0.29) is 16.7 Å². The molecule has 188 valence electrons. The van der Waals surface area contributed by atoms with E-state index in [1.807, 2.05) is 24.3 Å². The summed E-state index contributed by atoms with van der Waals surface area (Å²) in [6.45, 7) is 0.804. The molecule has 3 aromatic rings. The van der Waals surface area contributed by atoms with Crippen LogP contribution in [0.5, 0.6) is 23.0 Å². The quantitative estimate of drug-likeness (QED) is 0.405. The molecular formula is C27H27NO7S. The number of hydrogen-bond donors (Lipinski definition) is 2. The highest BCUT2D eigenvalue weighted by Crippen LogP contribution is 2.44. The van der Waals surface area contributed by atoms with Gasteiger partial charge in [0.05, 0.1) is 32.1 Å². The van der Waals surface area contributed by atoms with Gasteiger partial charge in [-0.05, 0) is 41.5 Å². The monoisotopic (exact) mass is 509 g/mol. The largest absolute Gasteiger partial charge is 0.493 e. The number of carbonyl (C=O) groups is 2. The Kier molecular flexibility index (Phi) is 7.90. The molecule has 2 N–H and O–H groups in total. The molecule has 4 rings (SSSR count). The van der Waals surface area contributed by atoms with E-state index in [0.29, 0.717) is 47.5 Å². The van der Waals surface area contributed by atoms with Crippen LogP contribution in [0.15, 0.2) is 54.6 Å². The summed E-state index contributed by atoms with van der Waals surface area (Å²) in [6, 6.07) is 16.1. The van der Waals surface area contributed by atoms with Crippen LogP contribution in [0.2, 0.25) is 0 Å². The normalized spacial score (nSPS) is 13.9. The van der Waals surface area contributed by atoms with Crippen LogP contribution in [0.25, 0.3) is 0 Å². The van der Waals surface area contributed by atoms with E-state index >= 15 is 0 Å². The molecule has 8 nitrogen and oxygen atoms in total. The number of carboxylic acids is 1. The van der Waals surface area contributed by atoms with Crippen LogP contribution in [0.3, 0.4) is 0 Å². The smallest absolute Gasteiger partial charge is 0.335 e.